The molecule has 1 aliphatic carbocycles. The lowest BCUT2D eigenvalue weighted by Crippen LogP contribution is -2.62. The van der Waals surface area contributed by atoms with Crippen LogP contribution in [0.25, 0.3) is 0 Å². The number of hydrogen-bond acceptors (Lipinski definition) is 4. The van der Waals surface area contributed by atoms with Crippen LogP contribution in [0.3, 0.4) is 0 Å². The molecule has 2 aliphatic rings. The topological polar surface area (TPSA) is 46.0 Å². The average Bonchev–Trinajstić information content (AvgIpc) is 3.04. The van der Waals surface area contributed by atoms with Crippen molar-refractivity contribution in [2.45, 2.75) is 63.6 Å². The van der Waals surface area contributed by atoms with Crippen molar-refractivity contribution in [2.75, 3.05) is 13.1 Å². The Hall–Kier alpha value is -0.940. The Bertz CT molecular complexity index is 435. The van der Waals surface area contributed by atoms with E-state index in [1.165, 1.54) is 45.1 Å². The van der Waals surface area contributed by atoms with E-state index in [1.807, 2.05) is 13.2 Å². The van der Waals surface area contributed by atoms with Crippen LogP contribution in [-0.2, 0) is 13.6 Å². The smallest absolute Gasteiger partial charge is 0.0967 e. The highest BCUT2D eigenvalue weighted by atomic mass is 15.4. The van der Waals surface area contributed by atoms with Crippen LogP contribution >= 0.6 is 0 Å². The Morgan fingerprint density at radius 1 is 1.40 bits per heavy atom. The molecule has 1 aromatic rings. The van der Waals surface area contributed by atoms with Crippen molar-refractivity contribution in [3.63, 3.8) is 0 Å². The fraction of sp³-hybridized carbons (Fsp3) is 0.867. The first-order chi connectivity index (χ1) is 9.71. The van der Waals surface area contributed by atoms with Gasteiger partial charge in [-0.2, -0.15) is 0 Å². The predicted molar refractivity (Wildman–Crippen MR) is 79.3 cm³/mol. The highest BCUT2D eigenvalue weighted by Gasteiger charge is 2.40. The highest BCUT2D eigenvalue weighted by Crippen LogP contribution is 2.34. The molecule has 0 amide bonds. The van der Waals surface area contributed by atoms with Gasteiger partial charge in [0.25, 0.3) is 0 Å². The maximum atomic E-state index is 4.27. The molecule has 1 aliphatic heterocycles. The van der Waals surface area contributed by atoms with Crippen molar-refractivity contribution in [2.24, 2.45) is 7.05 Å². The van der Waals surface area contributed by atoms with Crippen LogP contribution in [0, 0.1) is 0 Å². The number of aryl methyl sites for hydroxylation is 1. The highest BCUT2D eigenvalue weighted by molar-refractivity contribution is 5.03. The minimum absolute atomic E-state index is 0.381. The lowest BCUT2D eigenvalue weighted by atomic mass is 9.91. The monoisotopic (exact) mass is 277 g/mol. The van der Waals surface area contributed by atoms with Gasteiger partial charge in [0.15, 0.2) is 0 Å². The van der Waals surface area contributed by atoms with Gasteiger partial charge >= 0.3 is 0 Å². The summed E-state index contributed by atoms with van der Waals surface area (Å²) in [4.78, 5) is 2.65. The third-order valence-electron chi connectivity index (χ3n) is 4.93. The number of piperazine rings is 1. The van der Waals surface area contributed by atoms with E-state index < -0.39 is 0 Å². The summed E-state index contributed by atoms with van der Waals surface area (Å²) in [5.74, 6) is 0. The average molecular weight is 277 g/mol. The molecule has 1 unspecified atom stereocenters. The standard InChI is InChI=1S/C15H27N5/c1-3-6-14-9-16-15(7-4-5-8-15)12-20(14)11-13-10-19(2)18-17-13/h10,14,16H,3-9,11-12H2,1-2H3. The van der Waals surface area contributed by atoms with Crippen molar-refractivity contribution in [1.29, 1.82) is 0 Å². The predicted octanol–water partition coefficient (Wildman–Crippen LogP) is 1.70. The van der Waals surface area contributed by atoms with E-state index in [9.17, 15) is 0 Å². The summed E-state index contributed by atoms with van der Waals surface area (Å²) in [6.07, 6.45) is 9.99. The minimum atomic E-state index is 0.381. The van der Waals surface area contributed by atoms with E-state index in [-0.39, 0.29) is 0 Å². The molecular weight excluding hydrogens is 250 g/mol. The maximum absolute atomic E-state index is 4.27. The molecule has 1 atom stereocenters. The molecular formula is C15H27N5. The Kier molecular flexibility index (Phi) is 4.08. The molecule has 2 heterocycles. The van der Waals surface area contributed by atoms with Gasteiger partial charge < -0.3 is 5.32 Å². The van der Waals surface area contributed by atoms with Crippen LogP contribution in [0.1, 0.15) is 51.1 Å². The first-order valence-corrected chi connectivity index (χ1v) is 8.05. The largest absolute Gasteiger partial charge is 0.308 e. The van der Waals surface area contributed by atoms with E-state index >= 15 is 0 Å². The van der Waals surface area contributed by atoms with Gasteiger partial charge in [-0.3, -0.25) is 9.58 Å². The fourth-order valence-corrected chi connectivity index (χ4v) is 3.90. The third kappa shape index (κ3) is 2.88. The molecule has 0 bridgehead atoms. The van der Waals surface area contributed by atoms with Crippen molar-refractivity contribution >= 4 is 0 Å². The minimum Gasteiger partial charge on any atom is -0.308 e. The van der Waals surface area contributed by atoms with E-state index in [2.05, 4.69) is 27.5 Å². The summed E-state index contributed by atoms with van der Waals surface area (Å²) in [6.45, 7) is 5.53. The number of hydrogen-bond donors (Lipinski definition) is 1. The van der Waals surface area contributed by atoms with Crippen LogP contribution in [-0.4, -0.2) is 44.6 Å². The lowest BCUT2D eigenvalue weighted by Gasteiger charge is -2.46. The molecule has 5 heteroatoms. The molecule has 1 N–H and O–H groups in total. The van der Waals surface area contributed by atoms with E-state index in [1.54, 1.807) is 4.68 Å². The van der Waals surface area contributed by atoms with Crippen molar-refractivity contribution < 1.29 is 0 Å². The normalized spacial score (nSPS) is 26.4. The number of aromatic nitrogens is 3. The Balaban J connectivity index is 1.71. The third-order valence-corrected chi connectivity index (χ3v) is 4.93. The number of rotatable bonds is 4. The van der Waals surface area contributed by atoms with Gasteiger partial charge in [0, 0.05) is 44.5 Å². The second-order valence-corrected chi connectivity index (χ2v) is 6.60. The summed E-state index contributed by atoms with van der Waals surface area (Å²) in [7, 11) is 1.94. The number of nitrogens with one attached hydrogen (secondary N) is 1. The van der Waals surface area contributed by atoms with Gasteiger partial charge in [0.1, 0.15) is 0 Å². The Labute approximate surface area is 121 Å². The van der Waals surface area contributed by atoms with Crippen molar-refractivity contribution in [1.82, 2.24) is 25.2 Å². The van der Waals surface area contributed by atoms with Crippen molar-refractivity contribution in [3.05, 3.63) is 11.9 Å². The molecule has 112 valence electrons. The molecule has 5 nitrogen and oxygen atoms in total. The molecule has 1 aromatic heterocycles. The van der Waals surface area contributed by atoms with Crippen LogP contribution < -0.4 is 5.32 Å². The van der Waals surface area contributed by atoms with E-state index in [0.29, 0.717) is 11.6 Å². The second-order valence-electron chi connectivity index (χ2n) is 6.60. The SMILES string of the molecule is CCCC1CNC2(CCCC2)CN1Cc1cn(C)nn1. The fourth-order valence-electron chi connectivity index (χ4n) is 3.90. The van der Waals surface area contributed by atoms with Crippen LogP contribution in [0.2, 0.25) is 0 Å². The molecule has 1 saturated carbocycles. The van der Waals surface area contributed by atoms with Gasteiger partial charge in [0.05, 0.1) is 5.69 Å². The lowest BCUT2D eigenvalue weighted by molar-refractivity contribution is 0.0679. The van der Waals surface area contributed by atoms with Gasteiger partial charge in [-0.25, -0.2) is 0 Å². The van der Waals surface area contributed by atoms with Crippen LogP contribution in [0.4, 0.5) is 0 Å². The summed E-state index contributed by atoms with van der Waals surface area (Å²) in [5, 5.41) is 12.2. The zero-order valence-corrected chi connectivity index (χ0v) is 12.8. The quantitative estimate of drug-likeness (QED) is 0.910. The van der Waals surface area contributed by atoms with Crippen LogP contribution in [0.5, 0.6) is 0 Å². The molecule has 3 rings (SSSR count). The molecule has 2 fully saturated rings. The zero-order chi connectivity index (χ0) is 14.0. The Morgan fingerprint density at radius 3 is 2.85 bits per heavy atom. The molecule has 0 radical (unpaired) electrons. The first kappa shape index (κ1) is 14.0. The molecule has 0 aromatic carbocycles. The molecule has 1 spiro atoms. The molecule has 1 saturated heterocycles. The van der Waals surface area contributed by atoms with E-state index in [0.717, 1.165) is 18.8 Å². The van der Waals surface area contributed by atoms with E-state index in [4.69, 9.17) is 0 Å². The summed E-state index contributed by atoms with van der Waals surface area (Å²) in [6, 6.07) is 0.647. The summed E-state index contributed by atoms with van der Waals surface area (Å²) >= 11 is 0. The molecule has 20 heavy (non-hydrogen) atoms. The number of nitrogens with zero attached hydrogens (tertiary/aromatic N) is 4. The van der Waals surface area contributed by atoms with Gasteiger partial charge in [-0.1, -0.05) is 31.4 Å². The van der Waals surface area contributed by atoms with Gasteiger partial charge in [-0.15, -0.1) is 5.10 Å². The maximum Gasteiger partial charge on any atom is 0.0967 e. The summed E-state index contributed by atoms with van der Waals surface area (Å²) < 4.78 is 1.80. The first-order valence-electron chi connectivity index (χ1n) is 8.05. The van der Waals surface area contributed by atoms with Gasteiger partial charge in [0.2, 0.25) is 0 Å². The van der Waals surface area contributed by atoms with Gasteiger partial charge in [-0.05, 0) is 19.3 Å². The van der Waals surface area contributed by atoms with Crippen molar-refractivity contribution in [3.8, 4) is 0 Å². The summed E-state index contributed by atoms with van der Waals surface area (Å²) in [5.41, 5.74) is 1.48. The Morgan fingerprint density at radius 2 is 2.20 bits per heavy atom. The zero-order valence-electron chi connectivity index (χ0n) is 12.8. The van der Waals surface area contributed by atoms with Crippen LogP contribution in [0.15, 0.2) is 6.20 Å². The second kappa shape index (κ2) is 5.82.